The van der Waals surface area contributed by atoms with Gasteiger partial charge < -0.3 is 10.4 Å². The van der Waals surface area contributed by atoms with E-state index in [2.05, 4.69) is 5.32 Å². The summed E-state index contributed by atoms with van der Waals surface area (Å²) in [7, 11) is 0. The van der Waals surface area contributed by atoms with E-state index in [1.165, 1.54) is 0 Å². The second-order valence-electron chi connectivity index (χ2n) is 5.89. The number of carbonyl (C=O) groups is 1. The van der Waals surface area contributed by atoms with E-state index in [0.717, 1.165) is 12.8 Å². The van der Waals surface area contributed by atoms with Crippen molar-refractivity contribution in [1.82, 2.24) is 0 Å². The molecule has 1 aromatic rings. The second-order valence-corrected chi connectivity index (χ2v) is 5.89. The Bertz CT molecular complexity index is 573. The van der Waals surface area contributed by atoms with Crippen molar-refractivity contribution in [3.05, 3.63) is 33.9 Å². The maximum Gasteiger partial charge on any atom is 0.311 e. The smallest absolute Gasteiger partial charge is 0.311 e. The minimum Gasteiger partial charge on any atom is -0.481 e. The molecule has 6 heteroatoms. The van der Waals surface area contributed by atoms with Crippen LogP contribution in [-0.4, -0.2) is 22.0 Å². The molecule has 2 rings (SSSR count). The lowest BCUT2D eigenvalue weighted by molar-refractivity contribution is -0.384. The number of benzene rings is 1. The number of para-hydroxylation sites is 1. The summed E-state index contributed by atoms with van der Waals surface area (Å²) >= 11 is 0. The number of hydrogen-bond donors (Lipinski definition) is 2. The summed E-state index contributed by atoms with van der Waals surface area (Å²) in [4.78, 5) is 22.4. The Kier molecular flexibility index (Phi) is 4.16. The van der Waals surface area contributed by atoms with Crippen LogP contribution in [-0.2, 0) is 4.79 Å². The molecule has 0 saturated heterocycles. The molecule has 0 spiro atoms. The van der Waals surface area contributed by atoms with Gasteiger partial charge in [-0.3, -0.25) is 14.9 Å². The second kappa shape index (κ2) is 5.71. The fraction of sp³-hybridized carbons (Fsp3) is 0.533. The number of hydrogen-bond acceptors (Lipinski definition) is 4. The highest BCUT2D eigenvalue weighted by molar-refractivity contribution is 5.77. The van der Waals surface area contributed by atoms with Gasteiger partial charge in [0, 0.05) is 11.6 Å². The lowest BCUT2D eigenvalue weighted by atomic mass is 9.71. The molecule has 1 aromatic carbocycles. The predicted molar refractivity (Wildman–Crippen MR) is 79.5 cm³/mol. The highest BCUT2D eigenvalue weighted by Crippen LogP contribution is 2.40. The number of aliphatic carboxylic acids is 1. The van der Waals surface area contributed by atoms with Gasteiger partial charge in [-0.15, -0.1) is 0 Å². The standard InChI is InChI=1S/C15H20N2O4/c1-10-6-5-7-11(13(10)17(20)21)16-12-8-3-4-9-15(12,2)14(18)19/h5-7,12,16H,3-4,8-9H2,1-2H3,(H,18,19). The maximum absolute atomic E-state index is 11.6. The Labute approximate surface area is 123 Å². The first kappa shape index (κ1) is 15.3. The average Bonchev–Trinajstić information content (AvgIpc) is 2.41. The Balaban J connectivity index is 2.35. The van der Waals surface area contributed by atoms with Crippen LogP contribution in [0.4, 0.5) is 11.4 Å². The molecule has 0 heterocycles. The molecule has 6 nitrogen and oxygen atoms in total. The normalized spacial score (nSPS) is 25.3. The van der Waals surface area contributed by atoms with Crippen molar-refractivity contribution in [2.45, 2.75) is 45.6 Å². The number of carboxylic acids is 1. The third-order valence-corrected chi connectivity index (χ3v) is 4.45. The van der Waals surface area contributed by atoms with Crippen LogP contribution in [0, 0.1) is 22.5 Å². The summed E-state index contributed by atoms with van der Waals surface area (Å²) < 4.78 is 0. The first-order valence-corrected chi connectivity index (χ1v) is 7.10. The summed E-state index contributed by atoms with van der Waals surface area (Å²) in [6.45, 7) is 3.40. The molecule has 1 fully saturated rings. The zero-order valence-corrected chi connectivity index (χ0v) is 12.3. The van der Waals surface area contributed by atoms with Crippen molar-refractivity contribution < 1.29 is 14.8 Å². The van der Waals surface area contributed by atoms with Crippen molar-refractivity contribution in [2.75, 3.05) is 5.32 Å². The molecule has 0 aliphatic heterocycles. The predicted octanol–water partition coefficient (Wildman–Crippen LogP) is 3.35. The van der Waals surface area contributed by atoms with E-state index in [0.29, 0.717) is 24.1 Å². The van der Waals surface area contributed by atoms with Gasteiger partial charge in [0.25, 0.3) is 5.69 Å². The van der Waals surface area contributed by atoms with Crippen molar-refractivity contribution in [3.8, 4) is 0 Å². The van der Waals surface area contributed by atoms with Crippen LogP contribution in [0.15, 0.2) is 18.2 Å². The SMILES string of the molecule is Cc1cccc(NC2CCCCC2(C)C(=O)O)c1[N+](=O)[O-]. The van der Waals surface area contributed by atoms with E-state index in [1.807, 2.05) is 0 Å². The topological polar surface area (TPSA) is 92.5 Å². The van der Waals surface area contributed by atoms with E-state index < -0.39 is 16.3 Å². The first-order chi connectivity index (χ1) is 9.86. The summed E-state index contributed by atoms with van der Waals surface area (Å²) in [5.41, 5.74) is 0.101. The van der Waals surface area contributed by atoms with Crippen molar-refractivity contribution >= 4 is 17.3 Å². The van der Waals surface area contributed by atoms with Crippen LogP contribution in [0.3, 0.4) is 0 Å². The fourth-order valence-electron chi connectivity index (χ4n) is 3.03. The molecule has 0 bridgehead atoms. The molecule has 0 radical (unpaired) electrons. The van der Waals surface area contributed by atoms with Crippen LogP contribution in [0.5, 0.6) is 0 Å². The van der Waals surface area contributed by atoms with Gasteiger partial charge in [-0.1, -0.05) is 25.0 Å². The highest BCUT2D eigenvalue weighted by Gasteiger charge is 2.43. The highest BCUT2D eigenvalue weighted by atomic mass is 16.6. The molecule has 2 unspecified atom stereocenters. The molecular formula is C15H20N2O4. The van der Waals surface area contributed by atoms with Crippen molar-refractivity contribution in [1.29, 1.82) is 0 Å². The number of nitro benzene ring substituents is 1. The van der Waals surface area contributed by atoms with Crippen LogP contribution in [0.25, 0.3) is 0 Å². The van der Waals surface area contributed by atoms with Gasteiger partial charge in [-0.25, -0.2) is 0 Å². The summed E-state index contributed by atoms with van der Waals surface area (Å²) in [5, 5.41) is 23.9. The van der Waals surface area contributed by atoms with Crippen LogP contribution >= 0.6 is 0 Å². The largest absolute Gasteiger partial charge is 0.481 e. The van der Waals surface area contributed by atoms with Crippen molar-refractivity contribution in [2.24, 2.45) is 5.41 Å². The Hall–Kier alpha value is -2.11. The number of carboxylic acid groups (broad SMARTS) is 1. The minimum atomic E-state index is -0.893. The monoisotopic (exact) mass is 292 g/mol. The van der Waals surface area contributed by atoms with Gasteiger partial charge in [0.05, 0.1) is 10.3 Å². The Morgan fingerprint density at radius 3 is 2.81 bits per heavy atom. The number of aryl methyl sites for hydroxylation is 1. The third-order valence-electron chi connectivity index (χ3n) is 4.45. The lowest BCUT2D eigenvalue weighted by Crippen LogP contribution is -2.46. The summed E-state index contributed by atoms with van der Waals surface area (Å²) in [5.74, 6) is -0.852. The summed E-state index contributed by atoms with van der Waals surface area (Å²) in [6.07, 6.45) is 3.09. The molecule has 21 heavy (non-hydrogen) atoms. The first-order valence-electron chi connectivity index (χ1n) is 7.10. The van der Waals surface area contributed by atoms with E-state index >= 15 is 0 Å². The van der Waals surface area contributed by atoms with E-state index in [-0.39, 0.29) is 11.7 Å². The zero-order valence-electron chi connectivity index (χ0n) is 12.3. The summed E-state index contributed by atoms with van der Waals surface area (Å²) in [6, 6.07) is 4.76. The molecule has 2 N–H and O–H groups in total. The lowest BCUT2D eigenvalue weighted by Gasteiger charge is -2.38. The fourth-order valence-corrected chi connectivity index (χ4v) is 3.03. The molecule has 2 atom stereocenters. The van der Waals surface area contributed by atoms with Crippen LogP contribution in [0.2, 0.25) is 0 Å². The molecule has 0 aromatic heterocycles. The van der Waals surface area contributed by atoms with Gasteiger partial charge in [-0.05, 0) is 32.8 Å². The molecule has 114 valence electrons. The number of nitro groups is 1. The minimum absolute atomic E-state index is 0.0239. The molecular weight excluding hydrogens is 272 g/mol. The van der Waals surface area contributed by atoms with Crippen molar-refractivity contribution in [3.63, 3.8) is 0 Å². The zero-order chi connectivity index (χ0) is 15.6. The Morgan fingerprint density at radius 1 is 1.48 bits per heavy atom. The third kappa shape index (κ3) is 2.84. The van der Waals surface area contributed by atoms with Gasteiger partial charge in [-0.2, -0.15) is 0 Å². The number of nitrogens with zero attached hydrogens (tertiary/aromatic N) is 1. The molecule has 0 amide bonds. The van der Waals surface area contributed by atoms with Gasteiger partial charge in [0.2, 0.25) is 0 Å². The Morgan fingerprint density at radius 2 is 2.19 bits per heavy atom. The van der Waals surface area contributed by atoms with Gasteiger partial charge >= 0.3 is 5.97 Å². The average molecular weight is 292 g/mol. The van der Waals surface area contributed by atoms with E-state index in [1.54, 1.807) is 32.0 Å². The maximum atomic E-state index is 11.6. The molecule has 1 aliphatic carbocycles. The number of nitrogens with one attached hydrogen (secondary N) is 1. The molecule has 1 saturated carbocycles. The van der Waals surface area contributed by atoms with Crippen LogP contribution in [0.1, 0.15) is 38.2 Å². The van der Waals surface area contributed by atoms with Crippen LogP contribution < -0.4 is 5.32 Å². The van der Waals surface area contributed by atoms with Gasteiger partial charge in [0.1, 0.15) is 5.69 Å². The number of anilines is 1. The van der Waals surface area contributed by atoms with Gasteiger partial charge in [0.15, 0.2) is 0 Å². The van der Waals surface area contributed by atoms with E-state index in [9.17, 15) is 20.0 Å². The quantitative estimate of drug-likeness (QED) is 0.655. The number of rotatable bonds is 4. The van der Waals surface area contributed by atoms with E-state index in [4.69, 9.17) is 0 Å². The molecule has 1 aliphatic rings.